The topological polar surface area (TPSA) is 196 Å². The maximum atomic E-state index is 12.1. The Bertz CT molecular complexity index is 4960. The molecule has 658 valence electrons. The zero-order valence-corrected chi connectivity index (χ0v) is 91.8. The number of halogens is 17. The number of methoxy groups -OCH3 is 7. The summed E-state index contributed by atoms with van der Waals surface area (Å²) in [6.07, 6.45) is 4.40. The van der Waals surface area contributed by atoms with E-state index in [1.165, 1.54) is 50.8 Å². The summed E-state index contributed by atoms with van der Waals surface area (Å²) < 4.78 is 42.5. The molecule has 0 saturated carbocycles. The summed E-state index contributed by atoms with van der Waals surface area (Å²) in [6.45, 7) is 30.6. The first-order chi connectivity index (χ1) is 55.8. The molecule has 0 saturated heterocycles. The molecule has 9 aromatic rings. The fraction of sp³-hybridized carbons (Fsp3) is 0.321. The van der Waals surface area contributed by atoms with Gasteiger partial charge in [0, 0.05) is 116 Å². The molecular weight excluding hydrogens is 2300 g/mol. The second kappa shape index (κ2) is 53.8. The van der Waals surface area contributed by atoms with E-state index in [0.29, 0.717) is 134 Å². The van der Waals surface area contributed by atoms with Crippen molar-refractivity contribution in [2.24, 2.45) is 14.1 Å². The second-order valence-electron chi connectivity index (χ2n) is 27.7. The standard InChI is InChI=1S/C17H20Cl2N2O3.C17H18N2O3.C13H22Cl2OSi2.2C9H10Cl2O.C7H4Cl2I2O.C7H6Cl2O.C5H8INO.ClI/c1-9(6-13(22)20-3)11-8-12(10(2)7-14(23)21-4)16(19)17(24-5)15(11)18;1-9-6-13(20)18(3)15-11(9)8-12-10(2)7-14(21)19(4)16(12)17(15)22-5;1-16-13-11(14)9(17(2,3)4)8-10(12(13)15)18(5,6)7;2*1-5-4-6(2)8(11)9(12-3)7(5)10;1-12-7-5(8)3(10)2-4(11)6(7)9;1-10-7-5(8)3-2-4-6(7)9;1-4(6)3-5(8)7-2;1-2/h6-8H,1-5H3,(H,20,22)(H,21,23);6-8H,1-5H3;8H,1-7H3;2*4H,1-3H3;2H,1H3;2-4H,1H3;3H,1-2H3,(H,7,8);/b9-6-,10-7-;;;;;;;4-3-;. The van der Waals surface area contributed by atoms with Crippen LogP contribution in [0.2, 0.25) is 99.6 Å². The molecule has 0 unspecified atom stereocenters. The van der Waals surface area contributed by atoms with Crippen LogP contribution in [0.5, 0.6) is 40.2 Å². The highest BCUT2D eigenvalue weighted by atomic mass is 127. The van der Waals surface area contributed by atoms with Gasteiger partial charge in [0.05, 0.1) is 137 Å². The first-order valence-corrected chi connectivity index (χ1v) is 52.9. The van der Waals surface area contributed by atoms with Gasteiger partial charge in [0.2, 0.25) is 17.7 Å². The highest BCUT2D eigenvalue weighted by molar-refractivity contribution is 14.1. The van der Waals surface area contributed by atoms with Crippen LogP contribution in [0.3, 0.4) is 0 Å². The van der Waals surface area contributed by atoms with E-state index >= 15 is 0 Å². The molecule has 0 atom stereocenters. The molecule has 0 aliphatic heterocycles. The number of hydrogen-bond acceptors (Lipinski definition) is 12. The van der Waals surface area contributed by atoms with Crippen LogP contribution in [0.25, 0.3) is 33.0 Å². The monoisotopic (exact) mass is 2390 g/mol. The zero-order chi connectivity index (χ0) is 93.0. The number of amides is 3. The highest BCUT2D eigenvalue weighted by Crippen LogP contribution is 2.45. The van der Waals surface area contributed by atoms with Crippen LogP contribution in [-0.4, -0.2) is 114 Å². The van der Waals surface area contributed by atoms with Gasteiger partial charge < -0.3 is 58.2 Å². The van der Waals surface area contributed by atoms with Crippen molar-refractivity contribution in [3.05, 3.63) is 221 Å². The lowest BCUT2D eigenvalue weighted by atomic mass is 9.98. The lowest BCUT2D eigenvalue weighted by Gasteiger charge is -2.26. The first-order valence-electron chi connectivity index (χ1n) is 35.4. The Labute approximate surface area is 825 Å². The molecule has 36 heteroatoms. The Hall–Kier alpha value is -3.69. The predicted octanol–water partition coefficient (Wildman–Crippen LogP) is 26.5. The number of rotatable bonds is 14. The van der Waals surface area contributed by atoms with Crippen LogP contribution in [0.15, 0.2) is 98.1 Å². The van der Waals surface area contributed by atoms with E-state index in [1.807, 2.05) is 72.7 Å². The summed E-state index contributed by atoms with van der Waals surface area (Å²) in [5.74, 6) is 3.16. The van der Waals surface area contributed by atoms with Gasteiger partial charge in [-0.2, -0.15) is 0 Å². The number of aromatic nitrogens is 2. The second-order valence-corrected chi connectivity index (χ2v) is 46.4. The van der Waals surface area contributed by atoms with Gasteiger partial charge in [-0.1, -0.05) is 203 Å². The van der Waals surface area contributed by atoms with Gasteiger partial charge in [0.1, 0.15) is 0 Å². The van der Waals surface area contributed by atoms with Gasteiger partial charge in [-0.15, -0.1) is 0 Å². The third-order valence-electron chi connectivity index (χ3n) is 17.1. The predicted molar refractivity (Wildman–Crippen MR) is 554 cm³/mol. The molecule has 3 N–H and O–H groups in total. The van der Waals surface area contributed by atoms with Gasteiger partial charge >= 0.3 is 0 Å². The fourth-order valence-corrected chi connectivity index (χ4v) is 20.7. The molecule has 0 spiro atoms. The Morgan fingerprint density at radius 3 is 0.908 bits per heavy atom. The molecule has 0 radical (unpaired) electrons. The molecule has 2 aromatic heterocycles. The van der Waals surface area contributed by atoms with E-state index in [1.54, 1.807) is 144 Å². The van der Waals surface area contributed by atoms with Gasteiger partial charge in [-0.3, -0.25) is 24.0 Å². The summed E-state index contributed by atoms with van der Waals surface area (Å²) >= 11 is 80.8. The maximum absolute atomic E-state index is 12.1. The fourth-order valence-electron chi connectivity index (χ4n) is 10.8. The van der Waals surface area contributed by atoms with Crippen molar-refractivity contribution in [3.63, 3.8) is 0 Å². The van der Waals surface area contributed by atoms with Crippen molar-refractivity contribution in [1.29, 1.82) is 0 Å². The SMILES string of the molecule is CNC(=O)/C=C(/C)I.CNC(=O)/C=C(/C)c1cc(/C(C)=C\C(=O)NC)c(Cl)c(OC)c1Cl.COc1c(Cl)c(C)cc(C)c1Cl.COc1c(Cl)c(C)cc(C)c1Cl.COc1c(Cl)c(I)cc(I)c1Cl.COc1c(Cl)c([Si](C)(C)C)cc([Si](C)(C)C)c1Cl.COc1c(Cl)cccc1Cl.COc1c2c(cc3c(C)cc(=O)n(C)c13)c(C)cc(=O)n2C.ClI. The number of pyridine rings is 2. The number of fused-ring (bicyclic) bond motifs is 2. The largest absolute Gasteiger partial charge is 0.494 e. The van der Waals surface area contributed by atoms with E-state index in [2.05, 4.69) is 138 Å². The summed E-state index contributed by atoms with van der Waals surface area (Å²) in [5, 5.41) is 18.5. The molecule has 0 fully saturated rings. The van der Waals surface area contributed by atoms with Crippen LogP contribution < -0.4 is 70.6 Å². The van der Waals surface area contributed by atoms with Crippen LogP contribution in [0, 0.1) is 48.7 Å². The number of allylic oxidation sites excluding steroid dienone is 3. The zero-order valence-electron chi connectivity index (χ0n) is 71.3. The number of benzene rings is 7. The number of ether oxygens (including phenoxy) is 7. The molecule has 0 aliphatic rings. The number of nitrogens with one attached hydrogen (secondary N) is 3. The van der Waals surface area contributed by atoms with Crippen molar-refractivity contribution in [2.45, 2.75) is 102 Å². The summed E-state index contributed by atoms with van der Waals surface area (Å²) in [6, 6.07) is 20.2. The normalized spacial score (nSPS) is 11.0. The molecule has 2 heterocycles. The summed E-state index contributed by atoms with van der Waals surface area (Å²) in [7, 11) is 20.6. The van der Waals surface area contributed by atoms with Crippen molar-refractivity contribution in [3.8, 4) is 40.2 Å². The Morgan fingerprint density at radius 1 is 0.375 bits per heavy atom. The number of carbonyl (C=O) groups excluding carboxylic acids is 3. The molecular formula is C84H98Cl13I4N5O12Si2. The number of carbonyl (C=O) groups is 3. The van der Waals surface area contributed by atoms with Crippen molar-refractivity contribution >= 4 is 315 Å². The quantitative estimate of drug-likeness (QED) is 0.0307. The molecule has 3 amide bonds. The Morgan fingerprint density at radius 2 is 0.650 bits per heavy atom. The average molecular weight is 2390 g/mol. The molecule has 9 rings (SSSR count). The van der Waals surface area contributed by atoms with Crippen LogP contribution in [0.1, 0.15) is 65.3 Å². The molecule has 17 nitrogen and oxygen atoms in total. The van der Waals surface area contributed by atoms with Crippen LogP contribution in [-0.2, 0) is 28.5 Å². The Kier molecular flexibility index (Phi) is 51.3. The number of likely N-dealkylation sites (N-methyl/N-ethyl adjacent to an activating group) is 3. The minimum absolute atomic E-state index is 0.0445. The third-order valence-corrected chi connectivity index (χ3v) is 28.8. The minimum atomic E-state index is -1.51. The number of nitrogens with zero attached hydrogens (tertiary/aromatic N) is 2. The molecule has 0 aliphatic carbocycles. The maximum Gasteiger partial charge on any atom is 0.251 e. The van der Waals surface area contributed by atoms with Crippen molar-refractivity contribution in [1.82, 2.24) is 25.1 Å². The number of aryl methyl sites for hydroxylation is 8. The average Bonchev–Trinajstić information content (AvgIpc) is 0.735. The third kappa shape index (κ3) is 32.0. The molecule has 120 heavy (non-hydrogen) atoms. The van der Waals surface area contributed by atoms with Crippen molar-refractivity contribution < 1.29 is 47.5 Å². The summed E-state index contributed by atoms with van der Waals surface area (Å²) in [5.41, 5.74) is 9.42. The highest BCUT2D eigenvalue weighted by Gasteiger charge is 2.31. The van der Waals surface area contributed by atoms with E-state index < -0.39 is 16.1 Å². The van der Waals surface area contributed by atoms with Gasteiger partial charge in [0.15, 0.2) is 40.2 Å². The molecule has 0 bridgehead atoms. The van der Waals surface area contributed by atoms with Gasteiger partial charge in [0.25, 0.3) is 11.1 Å². The van der Waals surface area contributed by atoms with Gasteiger partial charge in [-0.25, -0.2) is 0 Å². The molecule has 7 aromatic carbocycles. The van der Waals surface area contributed by atoms with E-state index in [4.69, 9.17) is 172 Å². The lowest BCUT2D eigenvalue weighted by Crippen LogP contribution is -2.46. The van der Waals surface area contributed by atoms with Crippen molar-refractivity contribution in [2.75, 3.05) is 70.9 Å². The number of hydrogen-bond donors (Lipinski definition) is 3. The van der Waals surface area contributed by atoms with E-state index in [9.17, 15) is 24.0 Å². The summed E-state index contributed by atoms with van der Waals surface area (Å²) in [4.78, 5) is 57.8. The van der Waals surface area contributed by atoms with E-state index in [-0.39, 0.29) is 28.8 Å². The van der Waals surface area contributed by atoms with Crippen LogP contribution in [0.4, 0.5) is 0 Å². The van der Waals surface area contributed by atoms with E-state index in [0.717, 1.165) is 54.9 Å². The van der Waals surface area contributed by atoms with Gasteiger partial charge in [-0.05, 0) is 228 Å². The first kappa shape index (κ1) is 114. The lowest BCUT2D eigenvalue weighted by molar-refractivity contribution is -0.116. The Balaban J connectivity index is 0.000000700. The van der Waals surface area contributed by atoms with Crippen LogP contribution >= 0.6 is 237 Å². The minimum Gasteiger partial charge on any atom is -0.494 e. The smallest absolute Gasteiger partial charge is 0.251 e. The number of para-hydroxylation sites is 1.